The molecule has 0 aromatic rings. The van der Waals surface area contributed by atoms with Gasteiger partial charge in [-0.2, -0.15) is 0 Å². The maximum Gasteiger partial charge on any atom is 0.306 e. The highest BCUT2D eigenvalue weighted by Crippen LogP contribution is 2.16. The summed E-state index contributed by atoms with van der Waals surface area (Å²) in [6.07, 6.45) is 89.2. The lowest BCUT2D eigenvalue weighted by Crippen LogP contribution is -2.30. The third kappa shape index (κ3) is 62.5. The van der Waals surface area contributed by atoms with Gasteiger partial charge in [-0.05, 0) is 96.3 Å². The zero-order valence-electron chi connectivity index (χ0n) is 50.2. The molecule has 1 atom stereocenters. The average molecular weight is 1070 g/mol. The van der Waals surface area contributed by atoms with E-state index in [0.717, 1.165) is 122 Å². The zero-order chi connectivity index (χ0) is 55.7. The van der Waals surface area contributed by atoms with Crippen LogP contribution in [0.2, 0.25) is 0 Å². The van der Waals surface area contributed by atoms with Crippen LogP contribution >= 0.6 is 0 Å². The van der Waals surface area contributed by atoms with Crippen LogP contribution in [0, 0.1) is 0 Å². The first-order valence-corrected chi connectivity index (χ1v) is 32.0. The molecular weight excluding hydrogens is 949 g/mol. The van der Waals surface area contributed by atoms with Gasteiger partial charge in [0, 0.05) is 19.3 Å². The van der Waals surface area contributed by atoms with Crippen molar-refractivity contribution in [1.82, 2.24) is 0 Å². The van der Waals surface area contributed by atoms with Crippen LogP contribution in [-0.2, 0) is 28.6 Å². The Hall–Kier alpha value is -4.19. The molecule has 0 aromatic carbocycles. The van der Waals surface area contributed by atoms with Crippen molar-refractivity contribution in [3.05, 3.63) is 122 Å². The molecule has 0 radical (unpaired) electrons. The fourth-order valence-electron chi connectivity index (χ4n) is 8.71. The summed E-state index contributed by atoms with van der Waals surface area (Å²) in [5.41, 5.74) is 0. The largest absolute Gasteiger partial charge is 0.462 e. The summed E-state index contributed by atoms with van der Waals surface area (Å²) in [6.45, 7) is 6.50. The van der Waals surface area contributed by atoms with E-state index in [0.29, 0.717) is 19.3 Å². The number of ether oxygens (including phenoxy) is 3. The van der Waals surface area contributed by atoms with Crippen LogP contribution in [0.1, 0.15) is 290 Å². The number of carbonyl (C=O) groups is 3. The minimum Gasteiger partial charge on any atom is -0.462 e. The molecule has 0 heterocycles. The second kappa shape index (κ2) is 64.3. The van der Waals surface area contributed by atoms with Gasteiger partial charge in [-0.1, -0.05) is 296 Å². The Kier molecular flexibility index (Phi) is 60.8. The Bertz CT molecular complexity index is 1600. The Morgan fingerprint density at radius 3 is 0.792 bits per heavy atom. The van der Waals surface area contributed by atoms with Crippen LogP contribution in [0.3, 0.4) is 0 Å². The van der Waals surface area contributed by atoms with E-state index in [1.807, 2.05) is 0 Å². The molecule has 0 saturated carbocycles. The summed E-state index contributed by atoms with van der Waals surface area (Å²) in [7, 11) is 0. The van der Waals surface area contributed by atoms with E-state index in [1.54, 1.807) is 0 Å². The van der Waals surface area contributed by atoms with E-state index in [2.05, 4.69) is 142 Å². The molecule has 77 heavy (non-hydrogen) atoms. The van der Waals surface area contributed by atoms with Crippen LogP contribution in [0.25, 0.3) is 0 Å². The van der Waals surface area contributed by atoms with Crippen LogP contribution in [0.15, 0.2) is 122 Å². The zero-order valence-corrected chi connectivity index (χ0v) is 50.2. The monoisotopic (exact) mass is 1070 g/mol. The van der Waals surface area contributed by atoms with Gasteiger partial charge in [0.25, 0.3) is 0 Å². The van der Waals surface area contributed by atoms with E-state index in [1.165, 1.54) is 128 Å². The first kappa shape index (κ1) is 72.8. The maximum atomic E-state index is 12.9. The summed E-state index contributed by atoms with van der Waals surface area (Å²) in [6, 6.07) is 0. The molecule has 0 aliphatic carbocycles. The molecule has 438 valence electrons. The number of hydrogen-bond acceptors (Lipinski definition) is 6. The van der Waals surface area contributed by atoms with Crippen LogP contribution in [0.5, 0.6) is 0 Å². The Morgan fingerprint density at radius 2 is 0.506 bits per heavy atom. The van der Waals surface area contributed by atoms with Crippen molar-refractivity contribution < 1.29 is 28.6 Å². The molecule has 0 amide bonds. The van der Waals surface area contributed by atoms with Crippen LogP contribution < -0.4 is 0 Å². The Balaban J connectivity index is 4.33. The van der Waals surface area contributed by atoms with Crippen LogP contribution in [0.4, 0.5) is 0 Å². The standard InChI is InChI=1S/C71H118O6/c1-4-7-10-13-16-19-22-25-27-28-29-30-31-32-33-34-35-36-37-38-39-40-41-42-43-44-45-47-49-52-55-58-61-64-70(73)76-67-68(66-75-69(72)63-60-57-54-51-48-24-21-18-15-12-9-6-3)77-71(74)65-62-59-56-53-50-46-26-23-20-17-14-11-8-5-2/h7,10,16,19,25,27,29-30,32-33,35-36,38-39,41-42,44-45,49,52,68H,4-6,8-9,11-15,17-18,20-24,26,28,31,34,37,40,43,46-48,50-51,53-67H2,1-3H3/b10-7-,19-16-,27-25-,30-29-,33-32-,36-35-,39-38-,42-41-,45-44-,52-49-. The van der Waals surface area contributed by atoms with Gasteiger partial charge in [0.05, 0.1) is 0 Å². The number of unbranched alkanes of at least 4 members (excludes halogenated alkanes) is 26. The van der Waals surface area contributed by atoms with Gasteiger partial charge in [0.15, 0.2) is 6.10 Å². The summed E-state index contributed by atoms with van der Waals surface area (Å²) >= 11 is 0. The van der Waals surface area contributed by atoms with Gasteiger partial charge in [0.1, 0.15) is 13.2 Å². The van der Waals surface area contributed by atoms with Gasteiger partial charge in [-0.25, -0.2) is 0 Å². The topological polar surface area (TPSA) is 78.9 Å². The molecule has 0 bridgehead atoms. The van der Waals surface area contributed by atoms with Gasteiger partial charge < -0.3 is 14.2 Å². The van der Waals surface area contributed by atoms with Gasteiger partial charge >= 0.3 is 17.9 Å². The molecule has 6 heteroatoms. The molecule has 0 aromatic heterocycles. The molecular formula is C71H118O6. The van der Waals surface area contributed by atoms with Gasteiger partial charge in [-0.3, -0.25) is 14.4 Å². The molecule has 6 nitrogen and oxygen atoms in total. The van der Waals surface area contributed by atoms with Gasteiger partial charge in [-0.15, -0.1) is 0 Å². The molecule has 1 unspecified atom stereocenters. The Morgan fingerprint density at radius 1 is 0.273 bits per heavy atom. The van der Waals surface area contributed by atoms with Crippen molar-refractivity contribution in [1.29, 1.82) is 0 Å². The van der Waals surface area contributed by atoms with E-state index in [4.69, 9.17) is 14.2 Å². The van der Waals surface area contributed by atoms with Crippen molar-refractivity contribution in [3.8, 4) is 0 Å². The third-order valence-corrected chi connectivity index (χ3v) is 13.5. The van der Waals surface area contributed by atoms with E-state index >= 15 is 0 Å². The molecule has 0 fully saturated rings. The summed E-state index contributed by atoms with van der Waals surface area (Å²) in [5, 5.41) is 0. The Labute approximate surface area is 475 Å². The lowest BCUT2D eigenvalue weighted by atomic mass is 10.0. The van der Waals surface area contributed by atoms with Crippen molar-refractivity contribution in [2.45, 2.75) is 297 Å². The molecule has 0 saturated heterocycles. The smallest absolute Gasteiger partial charge is 0.306 e. The third-order valence-electron chi connectivity index (χ3n) is 13.5. The maximum absolute atomic E-state index is 12.9. The predicted molar refractivity (Wildman–Crippen MR) is 334 cm³/mol. The molecule has 0 N–H and O–H groups in total. The summed E-state index contributed by atoms with van der Waals surface area (Å²) in [4.78, 5) is 38.2. The van der Waals surface area contributed by atoms with Crippen LogP contribution in [-0.4, -0.2) is 37.2 Å². The number of carbonyl (C=O) groups excluding carboxylic acids is 3. The second-order valence-corrected chi connectivity index (χ2v) is 21.0. The molecule has 0 spiro atoms. The van der Waals surface area contributed by atoms with E-state index in [-0.39, 0.29) is 31.1 Å². The number of rotatable bonds is 57. The van der Waals surface area contributed by atoms with Gasteiger partial charge in [0.2, 0.25) is 0 Å². The van der Waals surface area contributed by atoms with Crippen molar-refractivity contribution >= 4 is 17.9 Å². The highest BCUT2D eigenvalue weighted by atomic mass is 16.6. The summed E-state index contributed by atoms with van der Waals surface area (Å²) < 4.78 is 16.8. The number of allylic oxidation sites excluding steroid dienone is 20. The first-order valence-electron chi connectivity index (χ1n) is 32.0. The lowest BCUT2D eigenvalue weighted by molar-refractivity contribution is -0.167. The molecule has 0 aliphatic rings. The number of esters is 3. The van der Waals surface area contributed by atoms with Crippen molar-refractivity contribution in [2.75, 3.05) is 13.2 Å². The normalized spacial score (nSPS) is 12.9. The van der Waals surface area contributed by atoms with E-state index < -0.39 is 6.10 Å². The first-order chi connectivity index (χ1) is 38.0. The average Bonchev–Trinajstić information content (AvgIpc) is 3.43. The SMILES string of the molecule is CC/C=C\C/C=C\C/C=C\C/C=C\C/C=C\C/C=C\C/C=C\C/C=C\C/C=C\C/C=C\CCCCC(=O)OCC(COC(=O)CCCCCCCCCCCCCC)OC(=O)CCCCCCCCCCCCCCCC. The van der Waals surface area contributed by atoms with Crippen molar-refractivity contribution in [2.24, 2.45) is 0 Å². The fourth-order valence-corrected chi connectivity index (χ4v) is 8.71. The van der Waals surface area contributed by atoms with E-state index in [9.17, 15) is 14.4 Å². The number of hydrogen-bond donors (Lipinski definition) is 0. The minimum absolute atomic E-state index is 0.0892. The highest BCUT2D eigenvalue weighted by Gasteiger charge is 2.19. The predicted octanol–water partition coefficient (Wildman–Crippen LogP) is 22.0. The highest BCUT2D eigenvalue weighted by molar-refractivity contribution is 5.71. The quantitative estimate of drug-likeness (QED) is 0.0261. The van der Waals surface area contributed by atoms with Crippen molar-refractivity contribution in [3.63, 3.8) is 0 Å². The summed E-state index contributed by atoms with van der Waals surface area (Å²) in [5.74, 6) is -0.929. The molecule has 0 aliphatic heterocycles. The lowest BCUT2D eigenvalue weighted by Gasteiger charge is -2.18. The fraction of sp³-hybridized carbons (Fsp3) is 0.676. The minimum atomic E-state index is -0.795. The molecule has 0 rings (SSSR count). The second-order valence-electron chi connectivity index (χ2n) is 21.0.